The quantitative estimate of drug-likeness (QED) is 0.926. The highest BCUT2D eigenvalue weighted by atomic mass is 16.5. The number of nitrogens with two attached hydrogens (primary N) is 1. The standard InChI is InChI=1S/C16H19N3O/c1-3-14-18-15(10(2)16(17)19-14)11-5-4-6-13(9-11)20-12-7-8-12/h4-6,9,12H,3,7-8H2,1-2H3,(H2,17,18,19). The minimum atomic E-state index is 0.396. The summed E-state index contributed by atoms with van der Waals surface area (Å²) >= 11 is 0. The Morgan fingerprint density at radius 1 is 1.30 bits per heavy atom. The molecule has 0 bridgehead atoms. The number of ether oxygens (including phenoxy) is 1. The van der Waals surface area contributed by atoms with Crippen LogP contribution < -0.4 is 10.5 Å². The molecule has 1 aromatic carbocycles. The second kappa shape index (κ2) is 5.12. The molecule has 1 aromatic heterocycles. The Bertz CT molecular complexity index is 636. The second-order valence-electron chi connectivity index (χ2n) is 5.20. The van der Waals surface area contributed by atoms with Gasteiger partial charge in [0.25, 0.3) is 0 Å². The van der Waals surface area contributed by atoms with Crippen LogP contribution in [-0.4, -0.2) is 16.1 Å². The van der Waals surface area contributed by atoms with Gasteiger partial charge < -0.3 is 10.5 Å². The molecule has 0 amide bonds. The van der Waals surface area contributed by atoms with Crippen LogP contribution in [0.25, 0.3) is 11.3 Å². The maximum absolute atomic E-state index is 5.98. The van der Waals surface area contributed by atoms with Crippen LogP contribution in [0, 0.1) is 6.92 Å². The number of hydrogen-bond acceptors (Lipinski definition) is 4. The van der Waals surface area contributed by atoms with E-state index in [2.05, 4.69) is 9.97 Å². The molecule has 2 N–H and O–H groups in total. The van der Waals surface area contributed by atoms with Gasteiger partial charge >= 0.3 is 0 Å². The van der Waals surface area contributed by atoms with E-state index >= 15 is 0 Å². The van der Waals surface area contributed by atoms with E-state index in [0.29, 0.717) is 11.9 Å². The molecule has 3 rings (SSSR count). The number of aryl methyl sites for hydroxylation is 1. The molecule has 1 saturated carbocycles. The molecule has 0 aliphatic heterocycles. The molecule has 1 aliphatic carbocycles. The molecule has 1 aliphatic rings. The van der Waals surface area contributed by atoms with E-state index in [0.717, 1.165) is 47.7 Å². The van der Waals surface area contributed by atoms with Crippen molar-refractivity contribution < 1.29 is 4.74 Å². The Labute approximate surface area is 119 Å². The monoisotopic (exact) mass is 269 g/mol. The predicted octanol–water partition coefficient (Wildman–Crippen LogP) is 3.14. The fourth-order valence-corrected chi connectivity index (χ4v) is 2.12. The van der Waals surface area contributed by atoms with Gasteiger partial charge in [0.2, 0.25) is 0 Å². The van der Waals surface area contributed by atoms with Gasteiger partial charge in [0.15, 0.2) is 0 Å². The van der Waals surface area contributed by atoms with Crippen molar-refractivity contribution in [1.82, 2.24) is 9.97 Å². The first kappa shape index (κ1) is 12.9. The predicted molar refractivity (Wildman–Crippen MR) is 79.6 cm³/mol. The van der Waals surface area contributed by atoms with Crippen LogP contribution in [0.1, 0.15) is 31.2 Å². The summed E-state index contributed by atoms with van der Waals surface area (Å²) in [6.45, 7) is 3.99. The van der Waals surface area contributed by atoms with Crippen molar-refractivity contribution in [1.29, 1.82) is 0 Å². The lowest BCUT2D eigenvalue weighted by Gasteiger charge is -2.11. The molecule has 104 valence electrons. The van der Waals surface area contributed by atoms with Crippen molar-refractivity contribution in [2.24, 2.45) is 0 Å². The molecular formula is C16H19N3O. The van der Waals surface area contributed by atoms with Crippen LogP contribution in [0.4, 0.5) is 5.82 Å². The summed E-state index contributed by atoms with van der Waals surface area (Å²) in [5, 5.41) is 0. The number of anilines is 1. The molecular weight excluding hydrogens is 250 g/mol. The third-order valence-corrected chi connectivity index (χ3v) is 3.48. The Morgan fingerprint density at radius 2 is 2.10 bits per heavy atom. The Balaban J connectivity index is 2.00. The molecule has 4 heteroatoms. The van der Waals surface area contributed by atoms with Crippen LogP contribution >= 0.6 is 0 Å². The normalized spacial score (nSPS) is 14.3. The Morgan fingerprint density at radius 3 is 2.80 bits per heavy atom. The highest BCUT2D eigenvalue weighted by molar-refractivity contribution is 5.68. The van der Waals surface area contributed by atoms with Crippen LogP contribution in [0.15, 0.2) is 24.3 Å². The Hall–Kier alpha value is -2.10. The van der Waals surface area contributed by atoms with Gasteiger partial charge in [-0.25, -0.2) is 9.97 Å². The van der Waals surface area contributed by atoms with Crippen molar-refractivity contribution >= 4 is 5.82 Å². The van der Waals surface area contributed by atoms with Gasteiger partial charge in [0.1, 0.15) is 17.4 Å². The van der Waals surface area contributed by atoms with Gasteiger partial charge in [0.05, 0.1) is 11.8 Å². The summed E-state index contributed by atoms with van der Waals surface area (Å²) in [5.74, 6) is 2.23. The molecule has 0 unspecified atom stereocenters. The minimum Gasteiger partial charge on any atom is -0.490 e. The summed E-state index contributed by atoms with van der Waals surface area (Å²) in [7, 11) is 0. The summed E-state index contributed by atoms with van der Waals surface area (Å²) < 4.78 is 5.84. The first-order valence-electron chi connectivity index (χ1n) is 7.07. The van der Waals surface area contributed by atoms with E-state index in [1.165, 1.54) is 0 Å². The van der Waals surface area contributed by atoms with E-state index in [-0.39, 0.29) is 0 Å². The van der Waals surface area contributed by atoms with Gasteiger partial charge in [-0.3, -0.25) is 0 Å². The summed E-state index contributed by atoms with van der Waals surface area (Å²) in [6.07, 6.45) is 3.48. The maximum Gasteiger partial charge on any atom is 0.131 e. The number of rotatable bonds is 4. The highest BCUT2D eigenvalue weighted by Gasteiger charge is 2.23. The SMILES string of the molecule is CCc1nc(N)c(C)c(-c2cccc(OC3CC3)c2)n1. The molecule has 2 aromatic rings. The molecule has 0 spiro atoms. The lowest BCUT2D eigenvalue weighted by molar-refractivity contribution is 0.303. The van der Waals surface area contributed by atoms with Crippen LogP contribution in [0.2, 0.25) is 0 Å². The minimum absolute atomic E-state index is 0.396. The van der Waals surface area contributed by atoms with Gasteiger partial charge in [-0.1, -0.05) is 19.1 Å². The largest absolute Gasteiger partial charge is 0.490 e. The average Bonchev–Trinajstić information content (AvgIpc) is 3.26. The number of nitrogen functional groups attached to an aromatic ring is 1. The number of benzene rings is 1. The molecule has 1 fully saturated rings. The van der Waals surface area contributed by atoms with Crippen molar-refractivity contribution in [3.05, 3.63) is 35.7 Å². The number of hydrogen-bond donors (Lipinski definition) is 1. The molecule has 1 heterocycles. The van der Waals surface area contributed by atoms with E-state index in [4.69, 9.17) is 10.5 Å². The van der Waals surface area contributed by atoms with E-state index in [1.807, 2.05) is 38.1 Å². The van der Waals surface area contributed by atoms with Crippen LogP contribution in [0.5, 0.6) is 5.75 Å². The lowest BCUT2D eigenvalue weighted by atomic mass is 10.1. The summed E-state index contributed by atoms with van der Waals surface area (Å²) in [4.78, 5) is 8.90. The molecule has 0 radical (unpaired) electrons. The zero-order chi connectivity index (χ0) is 14.1. The third-order valence-electron chi connectivity index (χ3n) is 3.48. The number of nitrogens with zero attached hydrogens (tertiary/aromatic N) is 2. The molecule has 0 atom stereocenters. The smallest absolute Gasteiger partial charge is 0.131 e. The zero-order valence-electron chi connectivity index (χ0n) is 11.9. The van der Waals surface area contributed by atoms with Crippen molar-refractivity contribution in [3.63, 3.8) is 0 Å². The summed E-state index contributed by atoms with van der Waals surface area (Å²) in [5.41, 5.74) is 8.83. The van der Waals surface area contributed by atoms with Gasteiger partial charge in [-0.05, 0) is 31.9 Å². The fraction of sp³-hybridized carbons (Fsp3) is 0.375. The highest BCUT2D eigenvalue weighted by Crippen LogP contribution is 2.31. The first-order valence-corrected chi connectivity index (χ1v) is 7.07. The van der Waals surface area contributed by atoms with Gasteiger partial charge in [-0.2, -0.15) is 0 Å². The zero-order valence-corrected chi connectivity index (χ0v) is 11.9. The summed E-state index contributed by atoms with van der Waals surface area (Å²) in [6, 6.07) is 8.05. The van der Waals surface area contributed by atoms with E-state index < -0.39 is 0 Å². The van der Waals surface area contributed by atoms with Crippen LogP contribution in [0.3, 0.4) is 0 Å². The third kappa shape index (κ3) is 2.59. The van der Waals surface area contributed by atoms with E-state index in [1.54, 1.807) is 0 Å². The van der Waals surface area contributed by atoms with Crippen molar-refractivity contribution in [3.8, 4) is 17.0 Å². The number of aromatic nitrogens is 2. The maximum atomic E-state index is 5.98. The molecule has 0 saturated heterocycles. The van der Waals surface area contributed by atoms with Crippen LogP contribution in [-0.2, 0) is 6.42 Å². The van der Waals surface area contributed by atoms with Gasteiger partial charge in [-0.15, -0.1) is 0 Å². The second-order valence-corrected chi connectivity index (χ2v) is 5.20. The van der Waals surface area contributed by atoms with Crippen molar-refractivity contribution in [2.45, 2.75) is 39.2 Å². The fourth-order valence-electron chi connectivity index (χ4n) is 2.12. The first-order chi connectivity index (χ1) is 9.67. The van der Waals surface area contributed by atoms with Gasteiger partial charge in [0, 0.05) is 17.5 Å². The molecule has 4 nitrogen and oxygen atoms in total. The Kier molecular flexibility index (Phi) is 3.30. The average molecular weight is 269 g/mol. The lowest BCUT2D eigenvalue weighted by Crippen LogP contribution is -2.04. The van der Waals surface area contributed by atoms with Crippen molar-refractivity contribution in [2.75, 3.05) is 5.73 Å². The molecule has 20 heavy (non-hydrogen) atoms. The topological polar surface area (TPSA) is 61.0 Å². The van der Waals surface area contributed by atoms with E-state index in [9.17, 15) is 0 Å².